The molecule has 0 aliphatic rings. The highest BCUT2D eigenvalue weighted by Gasteiger charge is 2.15. The van der Waals surface area contributed by atoms with Crippen molar-refractivity contribution in [2.45, 2.75) is 13.5 Å². The van der Waals surface area contributed by atoms with Crippen molar-refractivity contribution >= 4 is 27.0 Å². The third kappa shape index (κ3) is 1.87. The normalized spacial score (nSPS) is 11.4. The van der Waals surface area contributed by atoms with E-state index in [0.717, 1.165) is 38.3 Å². The Labute approximate surface area is 125 Å². The molecule has 0 unspecified atom stereocenters. The summed E-state index contributed by atoms with van der Waals surface area (Å²) in [6, 6.07) is 6.21. The number of rotatable bonds is 2. The van der Waals surface area contributed by atoms with Gasteiger partial charge in [0.1, 0.15) is 11.5 Å². The van der Waals surface area contributed by atoms with Gasteiger partial charge in [-0.3, -0.25) is 4.68 Å². The fourth-order valence-electron chi connectivity index (χ4n) is 2.41. The van der Waals surface area contributed by atoms with Gasteiger partial charge in [0.05, 0.1) is 21.2 Å². The fraction of sp³-hybridized carbons (Fsp3) is 0.286. The third-order valence-corrected chi connectivity index (χ3v) is 4.51. The lowest BCUT2D eigenvalue weighted by Crippen LogP contribution is -2.04. The zero-order chi connectivity index (χ0) is 14.4. The third-order valence-electron chi connectivity index (χ3n) is 3.67. The lowest BCUT2D eigenvalue weighted by atomic mass is 10.1. The largest absolute Gasteiger partial charge is 0.331 e. The SMILES string of the molecule is Cc1nc2cc(-c3nn(C)c(CN)c3Br)ccc2n1C. The number of nitrogens with zero attached hydrogens (tertiary/aromatic N) is 4. The standard InChI is InChI=1S/C14H16BrN5/c1-8-17-10-6-9(4-5-11(10)19(8)2)14-13(15)12(7-16)20(3)18-14/h4-6H,7,16H2,1-3H3. The molecule has 2 aromatic heterocycles. The van der Waals surface area contributed by atoms with Crippen LogP contribution in [0.25, 0.3) is 22.3 Å². The highest BCUT2D eigenvalue weighted by Crippen LogP contribution is 2.31. The van der Waals surface area contributed by atoms with Crippen LogP contribution in [0, 0.1) is 6.92 Å². The van der Waals surface area contributed by atoms with Crippen LogP contribution >= 0.6 is 15.9 Å². The predicted molar refractivity (Wildman–Crippen MR) is 83.2 cm³/mol. The maximum absolute atomic E-state index is 5.75. The van der Waals surface area contributed by atoms with E-state index in [1.54, 1.807) is 0 Å². The number of nitrogens with two attached hydrogens (primary N) is 1. The Hall–Kier alpha value is -1.66. The minimum absolute atomic E-state index is 0.453. The van der Waals surface area contributed by atoms with Crippen LogP contribution < -0.4 is 5.73 Å². The van der Waals surface area contributed by atoms with Gasteiger partial charge < -0.3 is 10.3 Å². The highest BCUT2D eigenvalue weighted by atomic mass is 79.9. The molecular formula is C14H16BrN5. The molecule has 0 saturated carbocycles. The second-order valence-electron chi connectivity index (χ2n) is 4.86. The van der Waals surface area contributed by atoms with E-state index in [1.807, 2.05) is 25.7 Å². The quantitative estimate of drug-likeness (QED) is 0.783. The van der Waals surface area contributed by atoms with Crippen molar-refractivity contribution in [3.05, 3.63) is 34.2 Å². The van der Waals surface area contributed by atoms with Crippen LogP contribution in [0.5, 0.6) is 0 Å². The average Bonchev–Trinajstić information content (AvgIpc) is 2.87. The van der Waals surface area contributed by atoms with Crippen molar-refractivity contribution in [1.82, 2.24) is 19.3 Å². The molecule has 3 rings (SSSR count). The van der Waals surface area contributed by atoms with E-state index in [-0.39, 0.29) is 0 Å². The molecule has 2 N–H and O–H groups in total. The van der Waals surface area contributed by atoms with E-state index in [0.29, 0.717) is 6.54 Å². The number of hydrogen-bond acceptors (Lipinski definition) is 3. The second-order valence-corrected chi connectivity index (χ2v) is 5.65. The van der Waals surface area contributed by atoms with Gasteiger partial charge in [-0.05, 0) is 35.0 Å². The maximum Gasteiger partial charge on any atom is 0.107 e. The summed E-state index contributed by atoms with van der Waals surface area (Å²) in [6.45, 7) is 2.46. The van der Waals surface area contributed by atoms with Crippen LogP contribution in [0.3, 0.4) is 0 Å². The van der Waals surface area contributed by atoms with Crippen LogP contribution in [0.2, 0.25) is 0 Å². The van der Waals surface area contributed by atoms with E-state index in [9.17, 15) is 0 Å². The van der Waals surface area contributed by atoms with Gasteiger partial charge in [-0.15, -0.1) is 0 Å². The van der Waals surface area contributed by atoms with E-state index < -0.39 is 0 Å². The molecule has 104 valence electrons. The second kappa shape index (κ2) is 4.71. The maximum atomic E-state index is 5.75. The average molecular weight is 334 g/mol. The molecule has 0 aliphatic carbocycles. The lowest BCUT2D eigenvalue weighted by molar-refractivity contribution is 0.713. The van der Waals surface area contributed by atoms with Crippen LogP contribution in [0.1, 0.15) is 11.5 Å². The molecule has 0 radical (unpaired) electrons. The molecule has 0 fully saturated rings. The van der Waals surface area contributed by atoms with Gasteiger partial charge in [-0.25, -0.2) is 4.98 Å². The van der Waals surface area contributed by atoms with Crippen molar-refractivity contribution < 1.29 is 0 Å². The number of fused-ring (bicyclic) bond motifs is 1. The highest BCUT2D eigenvalue weighted by molar-refractivity contribution is 9.10. The molecule has 20 heavy (non-hydrogen) atoms. The molecule has 0 atom stereocenters. The summed E-state index contributed by atoms with van der Waals surface area (Å²) in [6.07, 6.45) is 0. The lowest BCUT2D eigenvalue weighted by Gasteiger charge is -2.00. The minimum Gasteiger partial charge on any atom is -0.331 e. The van der Waals surface area contributed by atoms with Gasteiger partial charge in [-0.1, -0.05) is 6.07 Å². The number of imidazole rings is 1. The van der Waals surface area contributed by atoms with Gasteiger partial charge >= 0.3 is 0 Å². The Bertz CT molecular complexity index is 800. The molecule has 0 amide bonds. The predicted octanol–water partition coefficient (Wildman–Crippen LogP) is 2.50. The molecule has 0 aliphatic heterocycles. The number of aryl methyl sites for hydroxylation is 3. The smallest absolute Gasteiger partial charge is 0.107 e. The van der Waals surface area contributed by atoms with Crippen LogP contribution in [0.4, 0.5) is 0 Å². The first kappa shape index (κ1) is 13.3. The van der Waals surface area contributed by atoms with Crippen molar-refractivity contribution in [2.24, 2.45) is 19.8 Å². The van der Waals surface area contributed by atoms with E-state index in [4.69, 9.17) is 5.73 Å². The van der Waals surface area contributed by atoms with Gasteiger partial charge in [0.15, 0.2) is 0 Å². The fourth-order valence-corrected chi connectivity index (χ4v) is 3.13. The molecule has 0 spiro atoms. The zero-order valence-electron chi connectivity index (χ0n) is 11.7. The topological polar surface area (TPSA) is 61.7 Å². The summed E-state index contributed by atoms with van der Waals surface area (Å²) < 4.78 is 4.85. The molecule has 0 bridgehead atoms. The Morgan fingerprint density at radius 1 is 1.30 bits per heavy atom. The Kier molecular flexibility index (Phi) is 3.14. The number of hydrogen-bond donors (Lipinski definition) is 1. The van der Waals surface area contributed by atoms with Gasteiger partial charge in [0.2, 0.25) is 0 Å². The van der Waals surface area contributed by atoms with Gasteiger partial charge in [-0.2, -0.15) is 5.10 Å². The number of halogens is 1. The first-order valence-electron chi connectivity index (χ1n) is 6.37. The Balaban J connectivity index is 2.20. The van der Waals surface area contributed by atoms with Gasteiger partial charge in [0, 0.05) is 26.2 Å². The molecular weight excluding hydrogens is 318 g/mol. The first-order chi connectivity index (χ1) is 9.52. The zero-order valence-corrected chi connectivity index (χ0v) is 13.3. The first-order valence-corrected chi connectivity index (χ1v) is 7.17. The number of aromatic nitrogens is 4. The Morgan fingerprint density at radius 3 is 2.70 bits per heavy atom. The van der Waals surface area contributed by atoms with Crippen LogP contribution in [-0.2, 0) is 20.6 Å². The molecule has 0 saturated heterocycles. The summed E-state index contributed by atoms with van der Waals surface area (Å²) in [5.41, 5.74) is 10.8. The van der Waals surface area contributed by atoms with E-state index in [2.05, 4.69) is 48.8 Å². The minimum atomic E-state index is 0.453. The molecule has 2 heterocycles. The van der Waals surface area contributed by atoms with Gasteiger partial charge in [0.25, 0.3) is 0 Å². The van der Waals surface area contributed by atoms with E-state index in [1.165, 1.54) is 0 Å². The van der Waals surface area contributed by atoms with E-state index >= 15 is 0 Å². The summed E-state index contributed by atoms with van der Waals surface area (Å²) in [5.74, 6) is 1.000. The van der Waals surface area contributed by atoms with Crippen LogP contribution in [0.15, 0.2) is 22.7 Å². The monoisotopic (exact) mass is 333 g/mol. The molecule has 3 aromatic rings. The summed E-state index contributed by atoms with van der Waals surface area (Å²) >= 11 is 3.59. The Morgan fingerprint density at radius 2 is 2.05 bits per heavy atom. The summed E-state index contributed by atoms with van der Waals surface area (Å²) in [7, 11) is 3.92. The molecule has 5 nitrogen and oxygen atoms in total. The number of benzene rings is 1. The van der Waals surface area contributed by atoms with Crippen molar-refractivity contribution in [3.63, 3.8) is 0 Å². The summed E-state index contributed by atoms with van der Waals surface area (Å²) in [5, 5.41) is 4.54. The van der Waals surface area contributed by atoms with Crippen molar-refractivity contribution in [1.29, 1.82) is 0 Å². The van der Waals surface area contributed by atoms with Crippen molar-refractivity contribution in [3.8, 4) is 11.3 Å². The summed E-state index contributed by atoms with van der Waals surface area (Å²) in [4.78, 5) is 4.57. The molecule has 6 heteroatoms. The van der Waals surface area contributed by atoms with Crippen LogP contribution in [-0.4, -0.2) is 19.3 Å². The molecule has 1 aromatic carbocycles. The van der Waals surface area contributed by atoms with Crippen molar-refractivity contribution in [2.75, 3.05) is 0 Å².